The van der Waals surface area contributed by atoms with Crippen LogP contribution in [0.2, 0.25) is 0 Å². The van der Waals surface area contributed by atoms with Gasteiger partial charge in [-0.05, 0) is 38.6 Å². The molecule has 2 aromatic rings. The molecule has 0 radical (unpaired) electrons. The number of nitrogens with one attached hydrogen (secondary N) is 2. The Morgan fingerprint density at radius 2 is 2.11 bits per heavy atom. The Labute approximate surface area is 118 Å². The molecular weight excluding hydrogens is 256 g/mol. The molecule has 0 amide bonds. The third-order valence-electron chi connectivity index (χ3n) is 2.49. The molecule has 2 aromatic heterocycles. The number of anilines is 2. The standard InChI is InChI=1S/C14H20N4S/c1-6-7-15-13-16-10-9(2)8-19-11(10)12(17-13)18-14(3,4)5/h6,8H,1,7H2,2-5H3,(H2,15,16,17,18). The van der Waals surface area contributed by atoms with Crippen molar-refractivity contribution in [1.29, 1.82) is 0 Å². The van der Waals surface area contributed by atoms with E-state index in [0.717, 1.165) is 16.0 Å². The summed E-state index contributed by atoms with van der Waals surface area (Å²) >= 11 is 1.68. The Hall–Kier alpha value is -1.62. The third kappa shape index (κ3) is 3.23. The lowest BCUT2D eigenvalue weighted by Crippen LogP contribution is -2.27. The highest BCUT2D eigenvalue weighted by atomic mass is 32.1. The molecule has 5 heteroatoms. The van der Waals surface area contributed by atoms with Gasteiger partial charge >= 0.3 is 0 Å². The zero-order valence-corrected chi connectivity index (χ0v) is 12.7. The average Bonchev–Trinajstić information content (AvgIpc) is 2.67. The van der Waals surface area contributed by atoms with Crippen LogP contribution in [0.5, 0.6) is 0 Å². The first-order valence-electron chi connectivity index (χ1n) is 6.29. The van der Waals surface area contributed by atoms with Gasteiger partial charge in [0.25, 0.3) is 0 Å². The first kappa shape index (κ1) is 13.8. The van der Waals surface area contributed by atoms with Gasteiger partial charge in [0.05, 0.1) is 10.2 Å². The molecular formula is C14H20N4S. The first-order chi connectivity index (χ1) is 8.90. The fraction of sp³-hybridized carbons (Fsp3) is 0.429. The van der Waals surface area contributed by atoms with Gasteiger partial charge in [0, 0.05) is 12.1 Å². The van der Waals surface area contributed by atoms with Crippen molar-refractivity contribution in [3.05, 3.63) is 23.6 Å². The Bertz CT molecular complexity index is 595. The van der Waals surface area contributed by atoms with Crippen LogP contribution in [-0.4, -0.2) is 22.1 Å². The molecule has 19 heavy (non-hydrogen) atoms. The average molecular weight is 276 g/mol. The fourth-order valence-corrected chi connectivity index (χ4v) is 2.65. The molecule has 0 fully saturated rings. The number of hydrogen-bond donors (Lipinski definition) is 2. The van der Waals surface area contributed by atoms with Gasteiger partial charge in [-0.1, -0.05) is 6.08 Å². The number of aryl methyl sites for hydroxylation is 1. The van der Waals surface area contributed by atoms with Crippen molar-refractivity contribution in [2.75, 3.05) is 17.2 Å². The Morgan fingerprint density at radius 1 is 1.37 bits per heavy atom. The number of hydrogen-bond acceptors (Lipinski definition) is 5. The van der Waals surface area contributed by atoms with E-state index < -0.39 is 0 Å². The summed E-state index contributed by atoms with van der Waals surface area (Å²) in [4.78, 5) is 9.13. The minimum absolute atomic E-state index is 0.0329. The smallest absolute Gasteiger partial charge is 0.225 e. The van der Waals surface area contributed by atoms with Crippen molar-refractivity contribution in [2.24, 2.45) is 0 Å². The van der Waals surface area contributed by atoms with Crippen molar-refractivity contribution in [3.8, 4) is 0 Å². The summed E-state index contributed by atoms with van der Waals surface area (Å²) in [5.41, 5.74) is 2.16. The van der Waals surface area contributed by atoms with E-state index in [0.29, 0.717) is 12.5 Å². The van der Waals surface area contributed by atoms with E-state index in [-0.39, 0.29) is 5.54 Å². The van der Waals surface area contributed by atoms with Crippen LogP contribution < -0.4 is 10.6 Å². The Balaban J connectivity index is 2.49. The molecule has 2 N–H and O–H groups in total. The predicted molar refractivity (Wildman–Crippen MR) is 84.2 cm³/mol. The summed E-state index contributed by atoms with van der Waals surface area (Å²) in [7, 11) is 0. The molecule has 2 rings (SSSR count). The summed E-state index contributed by atoms with van der Waals surface area (Å²) < 4.78 is 1.11. The summed E-state index contributed by atoms with van der Waals surface area (Å²) in [6, 6.07) is 0. The van der Waals surface area contributed by atoms with Gasteiger partial charge in [0.2, 0.25) is 5.95 Å². The lowest BCUT2D eigenvalue weighted by molar-refractivity contribution is 0.631. The monoisotopic (exact) mass is 276 g/mol. The van der Waals surface area contributed by atoms with Gasteiger partial charge in [0.1, 0.15) is 5.82 Å². The van der Waals surface area contributed by atoms with E-state index in [4.69, 9.17) is 0 Å². The predicted octanol–water partition coefficient (Wildman–Crippen LogP) is 3.81. The molecule has 102 valence electrons. The largest absolute Gasteiger partial charge is 0.364 e. The lowest BCUT2D eigenvalue weighted by atomic mass is 10.1. The highest BCUT2D eigenvalue weighted by Crippen LogP contribution is 2.31. The number of thiophene rings is 1. The van der Waals surface area contributed by atoms with Gasteiger partial charge in [-0.15, -0.1) is 17.9 Å². The zero-order chi connectivity index (χ0) is 14.0. The van der Waals surface area contributed by atoms with Gasteiger partial charge in [-0.2, -0.15) is 4.98 Å². The van der Waals surface area contributed by atoms with E-state index >= 15 is 0 Å². The second kappa shape index (κ2) is 5.17. The third-order valence-corrected chi connectivity index (χ3v) is 3.58. The first-order valence-corrected chi connectivity index (χ1v) is 7.17. The number of aromatic nitrogens is 2. The highest BCUT2D eigenvalue weighted by Gasteiger charge is 2.16. The Morgan fingerprint density at radius 3 is 2.74 bits per heavy atom. The van der Waals surface area contributed by atoms with Crippen molar-refractivity contribution in [3.63, 3.8) is 0 Å². The minimum Gasteiger partial charge on any atom is -0.364 e. The van der Waals surface area contributed by atoms with Crippen molar-refractivity contribution < 1.29 is 0 Å². The molecule has 0 aliphatic rings. The molecule has 4 nitrogen and oxygen atoms in total. The van der Waals surface area contributed by atoms with E-state index in [1.165, 1.54) is 5.56 Å². The van der Waals surface area contributed by atoms with Crippen molar-refractivity contribution >= 4 is 33.3 Å². The fourth-order valence-electron chi connectivity index (χ4n) is 1.71. The quantitative estimate of drug-likeness (QED) is 0.834. The zero-order valence-electron chi connectivity index (χ0n) is 11.9. The molecule has 0 unspecified atom stereocenters. The van der Waals surface area contributed by atoms with Crippen LogP contribution in [0.1, 0.15) is 26.3 Å². The second-order valence-corrected chi connectivity index (χ2v) is 6.42. The van der Waals surface area contributed by atoms with Crippen molar-refractivity contribution in [2.45, 2.75) is 33.2 Å². The summed E-state index contributed by atoms with van der Waals surface area (Å²) in [6.07, 6.45) is 1.80. The van der Waals surface area contributed by atoms with E-state index in [1.54, 1.807) is 17.4 Å². The van der Waals surface area contributed by atoms with Crippen LogP contribution in [0.15, 0.2) is 18.0 Å². The van der Waals surface area contributed by atoms with E-state index in [9.17, 15) is 0 Å². The van der Waals surface area contributed by atoms with Gasteiger partial charge in [-0.3, -0.25) is 0 Å². The van der Waals surface area contributed by atoms with Gasteiger partial charge in [-0.25, -0.2) is 4.98 Å². The maximum atomic E-state index is 4.57. The van der Waals surface area contributed by atoms with Crippen LogP contribution in [0, 0.1) is 6.92 Å². The Kier molecular flexibility index (Phi) is 3.75. The SMILES string of the molecule is C=CCNc1nc(NC(C)(C)C)c2scc(C)c2n1. The number of rotatable bonds is 4. The normalized spacial score (nSPS) is 11.6. The summed E-state index contributed by atoms with van der Waals surface area (Å²) in [6.45, 7) is 12.8. The highest BCUT2D eigenvalue weighted by molar-refractivity contribution is 7.18. The van der Waals surface area contributed by atoms with Crippen molar-refractivity contribution in [1.82, 2.24) is 9.97 Å². The topological polar surface area (TPSA) is 49.8 Å². The maximum absolute atomic E-state index is 4.57. The minimum atomic E-state index is -0.0329. The van der Waals surface area contributed by atoms with Gasteiger partial charge < -0.3 is 10.6 Å². The molecule has 0 spiro atoms. The molecule has 0 saturated carbocycles. The molecule has 0 bridgehead atoms. The van der Waals surface area contributed by atoms with Crippen LogP contribution in [0.25, 0.3) is 10.2 Å². The molecule has 0 aliphatic carbocycles. The van der Waals surface area contributed by atoms with Crippen LogP contribution in [-0.2, 0) is 0 Å². The number of fused-ring (bicyclic) bond motifs is 1. The van der Waals surface area contributed by atoms with E-state index in [2.05, 4.69) is 60.3 Å². The molecule has 0 saturated heterocycles. The summed E-state index contributed by atoms with van der Waals surface area (Å²) in [5.74, 6) is 1.53. The van der Waals surface area contributed by atoms with Crippen LogP contribution in [0.3, 0.4) is 0 Å². The van der Waals surface area contributed by atoms with Crippen LogP contribution in [0.4, 0.5) is 11.8 Å². The van der Waals surface area contributed by atoms with E-state index in [1.807, 2.05) is 0 Å². The lowest BCUT2D eigenvalue weighted by Gasteiger charge is -2.22. The maximum Gasteiger partial charge on any atom is 0.225 e. The second-order valence-electron chi connectivity index (χ2n) is 5.54. The molecule has 0 atom stereocenters. The molecule has 0 aromatic carbocycles. The number of nitrogens with zero attached hydrogens (tertiary/aromatic N) is 2. The molecule has 0 aliphatic heterocycles. The van der Waals surface area contributed by atoms with Crippen LogP contribution >= 0.6 is 11.3 Å². The van der Waals surface area contributed by atoms with Gasteiger partial charge in [0.15, 0.2) is 0 Å². The summed E-state index contributed by atoms with van der Waals surface area (Å²) in [5, 5.41) is 8.72. The molecule has 2 heterocycles.